The molecule has 0 aromatic heterocycles. The van der Waals surface area contributed by atoms with Crippen molar-refractivity contribution < 1.29 is 13.9 Å². The van der Waals surface area contributed by atoms with Gasteiger partial charge >= 0.3 is 0 Å². The summed E-state index contributed by atoms with van der Waals surface area (Å²) in [6.45, 7) is 3.54. The zero-order chi connectivity index (χ0) is 17.5. The summed E-state index contributed by atoms with van der Waals surface area (Å²) in [7, 11) is 3.41. The van der Waals surface area contributed by atoms with Crippen LogP contribution in [0.3, 0.4) is 0 Å². The third kappa shape index (κ3) is 12.4. The van der Waals surface area contributed by atoms with E-state index in [2.05, 4.69) is 15.6 Å². The Balaban J connectivity index is 0.00000576. The first-order chi connectivity index (χ1) is 11.8. The topological polar surface area (TPSA) is 54.9 Å². The van der Waals surface area contributed by atoms with E-state index in [1.807, 2.05) is 12.1 Å². The van der Waals surface area contributed by atoms with Gasteiger partial charge in [-0.25, -0.2) is 4.39 Å². The van der Waals surface area contributed by atoms with Gasteiger partial charge in [0.05, 0.1) is 13.2 Å². The Kier molecular flexibility index (Phi) is 16.5. The Hall–Kier alpha value is -0.580. The van der Waals surface area contributed by atoms with E-state index in [4.69, 9.17) is 9.47 Å². The third-order valence-corrected chi connectivity index (χ3v) is 4.18. The quantitative estimate of drug-likeness (QED) is 0.207. The van der Waals surface area contributed by atoms with Gasteiger partial charge in [0.2, 0.25) is 0 Å². The number of nitrogens with zero attached hydrogens (tertiary/aromatic N) is 1. The second-order valence-electron chi connectivity index (χ2n) is 5.03. The number of ether oxygens (including phenoxy) is 2. The van der Waals surface area contributed by atoms with E-state index in [1.165, 1.54) is 6.07 Å². The van der Waals surface area contributed by atoms with Gasteiger partial charge in [-0.15, -0.1) is 24.0 Å². The Morgan fingerprint density at radius 2 is 1.92 bits per heavy atom. The Bertz CT molecular complexity index is 481. The molecule has 0 saturated heterocycles. The molecular weight excluding hydrogens is 456 g/mol. The lowest BCUT2D eigenvalue weighted by atomic mass is 10.2. The molecule has 0 spiro atoms. The number of aliphatic imine (C=N–C) groups is 1. The van der Waals surface area contributed by atoms with E-state index in [9.17, 15) is 4.39 Å². The Labute approximate surface area is 171 Å². The van der Waals surface area contributed by atoms with Crippen molar-refractivity contribution in [1.29, 1.82) is 0 Å². The van der Waals surface area contributed by atoms with E-state index in [0.717, 1.165) is 36.8 Å². The number of nitrogens with one attached hydrogen (secondary N) is 2. The normalized spacial score (nSPS) is 11.1. The van der Waals surface area contributed by atoms with Gasteiger partial charge in [-0.2, -0.15) is 11.8 Å². The number of guanidine groups is 1. The van der Waals surface area contributed by atoms with Crippen molar-refractivity contribution in [3.63, 3.8) is 0 Å². The van der Waals surface area contributed by atoms with Gasteiger partial charge in [0.15, 0.2) is 5.96 Å². The lowest BCUT2D eigenvalue weighted by Crippen LogP contribution is -2.39. The first kappa shape index (κ1) is 24.4. The number of thioether (sulfide) groups is 1. The molecule has 0 unspecified atom stereocenters. The van der Waals surface area contributed by atoms with Crippen LogP contribution in [0.2, 0.25) is 0 Å². The maximum Gasteiger partial charge on any atom is 0.191 e. The number of halogens is 2. The molecule has 144 valence electrons. The van der Waals surface area contributed by atoms with Gasteiger partial charge in [0, 0.05) is 45.4 Å². The summed E-state index contributed by atoms with van der Waals surface area (Å²) in [5, 5.41) is 6.48. The molecule has 2 N–H and O–H groups in total. The molecule has 0 fully saturated rings. The molecule has 0 aliphatic heterocycles. The average Bonchev–Trinajstić information content (AvgIpc) is 2.60. The average molecular weight is 485 g/mol. The van der Waals surface area contributed by atoms with E-state index in [-0.39, 0.29) is 29.8 Å². The molecule has 0 atom stereocenters. The minimum Gasteiger partial charge on any atom is -0.382 e. The summed E-state index contributed by atoms with van der Waals surface area (Å²) in [4.78, 5) is 4.17. The second-order valence-corrected chi connectivity index (χ2v) is 6.13. The minimum atomic E-state index is -0.136. The van der Waals surface area contributed by atoms with Crippen LogP contribution in [0.15, 0.2) is 29.3 Å². The predicted molar refractivity (Wildman–Crippen MR) is 115 cm³/mol. The highest BCUT2D eigenvalue weighted by Crippen LogP contribution is 2.14. The molecular formula is C17H29FIN3O2S. The number of rotatable bonds is 12. The minimum absolute atomic E-state index is 0. The van der Waals surface area contributed by atoms with Crippen molar-refractivity contribution in [2.75, 3.05) is 52.8 Å². The molecule has 5 nitrogen and oxygen atoms in total. The van der Waals surface area contributed by atoms with Crippen LogP contribution in [0.5, 0.6) is 0 Å². The number of methoxy groups -OCH3 is 1. The maximum atomic E-state index is 13.5. The van der Waals surface area contributed by atoms with Crippen LogP contribution >= 0.6 is 35.7 Å². The molecule has 0 aliphatic carbocycles. The molecule has 0 bridgehead atoms. The van der Waals surface area contributed by atoms with Crippen molar-refractivity contribution in [2.24, 2.45) is 4.99 Å². The summed E-state index contributed by atoms with van der Waals surface area (Å²) in [6.07, 6.45) is 0.909. The van der Waals surface area contributed by atoms with E-state index >= 15 is 0 Å². The lowest BCUT2D eigenvalue weighted by Gasteiger charge is -2.12. The van der Waals surface area contributed by atoms with Crippen LogP contribution < -0.4 is 10.6 Å². The van der Waals surface area contributed by atoms with Gasteiger partial charge in [-0.1, -0.05) is 18.2 Å². The fourth-order valence-electron chi connectivity index (χ4n) is 1.89. The van der Waals surface area contributed by atoms with Crippen LogP contribution in [0.25, 0.3) is 0 Å². The Morgan fingerprint density at radius 3 is 2.64 bits per heavy atom. The third-order valence-electron chi connectivity index (χ3n) is 3.17. The lowest BCUT2D eigenvalue weighted by molar-refractivity contribution is 0.0698. The van der Waals surface area contributed by atoms with Crippen LogP contribution in [0.1, 0.15) is 12.0 Å². The van der Waals surface area contributed by atoms with Crippen molar-refractivity contribution >= 4 is 41.7 Å². The number of benzene rings is 1. The van der Waals surface area contributed by atoms with Crippen LogP contribution in [-0.4, -0.2) is 58.8 Å². The van der Waals surface area contributed by atoms with Crippen LogP contribution in [-0.2, 0) is 15.2 Å². The van der Waals surface area contributed by atoms with Crippen molar-refractivity contribution in [3.05, 3.63) is 35.6 Å². The highest BCUT2D eigenvalue weighted by Gasteiger charge is 2.01. The summed E-state index contributed by atoms with van der Waals surface area (Å²) < 4.78 is 23.8. The van der Waals surface area contributed by atoms with Crippen molar-refractivity contribution in [1.82, 2.24) is 10.6 Å². The zero-order valence-electron chi connectivity index (χ0n) is 14.9. The summed E-state index contributed by atoms with van der Waals surface area (Å²) >= 11 is 1.70. The highest BCUT2D eigenvalue weighted by atomic mass is 127. The zero-order valence-corrected chi connectivity index (χ0v) is 18.1. The fourth-order valence-corrected chi connectivity index (χ4v) is 2.73. The second kappa shape index (κ2) is 16.9. The fraction of sp³-hybridized carbons (Fsp3) is 0.588. The molecule has 0 saturated carbocycles. The van der Waals surface area contributed by atoms with Crippen LogP contribution in [0.4, 0.5) is 4.39 Å². The standard InChI is InChI=1S/C17H28FN3O2S.HI/c1-19-17(20-8-5-10-23-12-11-22-2)21-9-13-24-14-15-6-3-4-7-16(15)18;/h3-4,6-7H,5,8-14H2,1-2H3,(H2,19,20,21);1H. The van der Waals surface area contributed by atoms with E-state index in [0.29, 0.717) is 25.6 Å². The van der Waals surface area contributed by atoms with E-state index < -0.39 is 0 Å². The molecule has 0 radical (unpaired) electrons. The molecule has 1 rings (SSSR count). The molecule has 0 amide bonds. The molecule has 8 heteroatoms. The monoisotopic (exact) mass is 485 g/mol. The Morgan fingerprint density at radius 1 is 1.16 bits per heavy atom. The van der Waals surface area contributed by atoms with Gasteiger partial charge in [0.25, 0.3) is 0 Å². The van der Waals surface area contributed by atoms with Gasteiger partial charge in [-0.05, 0) is 18.1 Å². The maximum absolute atomic E-state index is 13.5. The molecule has 0 aliphatic rings. The largest absolute Gasteiger partial charge is 0.382 e. The SMILES string of the molecule is CN=C(NCCCOCCOC)NCCSCc1ccccc1F.I. The summed E-state index contributed by atoms with van der Waals surface area (Å²) in [5.74, 6) is 2.20. The van der Waals surface area contributed by atoms with Gasteiger partial charge < -0.3 is 20.1 Å². The molecule has 1 aromatic rings. The molecule has 1 aromatic carbocycles. The van der Waals surface area contributed by atoms with Crippen LogP contribution in [0, 0.1) is 5.82 Å². The predicted octanol–water partition coefficient (Wildman–Crippen LogP) is 2.90. The molecule has 25 heavy (non-hydrogen) atoms. The summed E-state index contributed by atoms with van der Waals surface area (Å²) in [5.41, 5.74) is 0.749. The first-order valence-electron chi connectivity index (χ1n) is 8.10. The molecule has 0 heterocycles. The van der Waals surface area contributed by atoms with E-state index in [1.54, 1.807) is 32.0 Å². The van der Waals surface area contributed by atoms with Gasteiger partial charge in [-0.3, -0.25) is 4.99 Å². The number of hydrogen-bond acceptors (Lipinski definition) is 4. The smallest absolute Gasteiger partial charge is 0.191 e. The summed E-state index contributed by atoms with van der Waals surface area (Å²) in [6, 6.07) is 6.90. The highest BCUT2D eigenvalue weighted by molar-refractivity contribution is 14.0. The van der Waals surface area contributed by atoms with Crippen molar-refractivity contribution in [2.45, 2.75) is 12.2 Å². The van der Waals surface area contributed by atoms with Crippen molar-refractivity contribution in [3.8, 4) is 0 Å². The first-order valence-corrected chi connectivity index (χ1v) is 9.25. The number of hydrogen-bond donors (Lipinski definition) is 2. The van der Waals surface area contributed by atoms with Gasteiger partial charge in [0.1, 0.15) is 5.82 Å².